The largest absolute Gasteiger partial charge is 0.504 e. The van der Waals surface area contributed by atoms with Crippen LogP contribution < -0.4 is 10.6 Å². The quantitative estimate of drug-likeness (QED) is 0.528. The van der Waals surface area contributed by atoms with Crippen LogP contribution in [0.15, 0.2) is 18.2 Å². The van der Waals surface area contributed by atoms with Crippen molar-refractivity contribution in [3.05, 3.63) is 23.8 Å². The lowest BCUT2D eigenvalue weighted by Gasteiger charge is -2.08. The van der Waals surface area contributed by atoms with Crippen molar-refractivity contribution in [2.24, 2.45) is 0 Å². The minimum Gasteiger partial charge on any atom is -0.504 e. The first kappa shape index (κ1) is 9.64. The van der Waals surface area contributed by atoms with Crippen molar-refractivity contribution < 1.29 is 15.0 Å². The summed E-state index contributed by atoms with van der Waals surface area (Å²) in [6.45, 7) is 0.584. The Morgan fingerprint density at radius 3 is 2.73 bits per heavy atom. The molecule has 0 spiro atoms. The number of hydrogen-bond acceptors (Lipinski definition) is 3. The van der Waals surface area contributed by atoms with Crippen molar-refractivity contribution in [2.45, 2.75) is 12.5 Å². The highest BCUT2D eigenvalue weighted by molar-refractivity contribution is 5.76. The van der Waals surface area contributed by atoms with E-state index in [1.54, 1.807) is 6.07 Å². The van der Waals surface area contributed by atoms with E-state index in [9.17, 15) is 9.90 Å². The second-order valence-electron chi connectivity index (χ2n) is 3.58. The molecule has 5 heteroatoms. The number of aromatic hydroxyl groups is 2. The average molecular weight is 208 g/mol. The third kappa shape index (κ3) is 2.12. The van der Waals surface area contributed by atoms with Gasteiger partial charge in [-0.1, -0.05) is 6.07 Å². The molecule has 1 aromatic carbocycles. The fourth-order valence-corrected chi connectivity index (χ4v) is 1.61. The van der Waals surface area contributed by atoms with Crippen molar-refractivity contribution in [1.29, 1.82) is 0 Å². The molecule has 0 aromatic heterocycles. The summed E-state index contributed by atoms with van der Waals surface area (Å²) in [5.74, 6) is -0.267. The number of phenols is 2. The molecule has 0 radical (unpaired) electrons. The van der Waals surface area contributed by atoms with Crippen molar-refractivity contribution >= 4 is 6.03 Å². The van der Waals surface area contributed by atoms with Crippen molar-refractivity contribution in [3.8, 4) is 11.5 Å². The summed E-state index contributed by atoms with van der Waals surface area (Å²) in [6, 6.07) is 4.54. The predicted molar refractivity (Wildman–Crippen MR) is 53.8 cm³/mol. The molecule has 2 amide bonds. The van der Waals surface area contributed by atoms with Gasteiger partial charge in [-0.2, -0.15) is 0 Å². The maximum absolute atomic E-state index is 10.9. The molecule has 1 atom stereocenters. The first-order valence-corrected chi connectivity index (χ1v) is 4.70. The van der Waals surface area contributed by atoms with Crippen LogP contribution >= 0.6 is 0 Å². The summed E-state index contributed by atoms with van der Waals surface area (Å²) in [5.41, 5.74) is 0.874. The SMILES string of the molecule is O=C1NCC(Cc2ccc(O)c(O)c2)N1. The Morgan fingerprint density at radius 1 is 1.33 bits per heavy atom. The van der Waals surface area contributed by atoms with Gasteiger partial charge < -0.3 is 20.8 Å². The van der Waals surface area contributed by atoms with E-state index in [2.05, 4.69) is 10.6 Å². The summed E-state index contributed by atoms with van der Waals surface area (Å²) in [6.07, 6.45) is 0.632. The lowest BCUT2D eigenvalue weighted by atomic mass is 10.1. The Hall–Kier alpha value is -1.91. The van der Waals surface area contributed by atoms with Gasteiger partial charge in [-0.25, -0.2) is 4.79 Å². The molecule has 80 valence electrons. The molecule has 1 aliphatic heterocycles. The number of carbonyl (C=O) groups is 1. The van der Waals surface area contributed by atoms with E-state index >= 15 is 0 Å². The molecule has 1 unspecified atom stereocenters. The van der Waals surface area contributed by atoms with Gasteiger partial charge in [-0.05, 0) is 24.1 Å². The molecular weight excluding hydrogens is 196 g/mol. The van der Waals surface area contributed by atoms with E-state index in [1.807, 2.05) is 0 Å². The zero-order valence-corrected chi connectivity index (χ0v) is 8.03. The second kappa shape index (κ2) is 3.68. The summed E-state index contributed by atoms with van der Waals surface area (Å²) in [4.78, 5) is 10.9. The summed E-state index contributed by atoms with van der Waals surface area (Å²) >= 11 is 0. The molecule has 1 fully saturated rings. The van der Waals surface area contributed by atoms with E-state index in [0.717, 1.165) is 5.56 Å². The van der Waals surface area contributed by atoms with E-state index < -0.39 is 0 Å². The number of amides is 2. The third-order valence-electron chi connectivity index (χ3n) is 2.37. The summed E-state index contributed by atoms with van der Waals surface area (Å²) < 4.78 is 0. The van der Waals surface area contributed by atoms with E-state index in [0.29, 0.717) is 13.0 Å². The molecule has 5 nitrogen and oxygen atoms in total. The highest BCUT2D eigenvalue weighted by Gasteiger charge is 2.20. The van der Waals surface area contributed by atoms with Crippen LogP contribution in [0.25, 0.3) is 0 Å². The van der Waals surface area contributed by atoms with Crippen LogP contribution in [0.4, 0.5) is 4.79 Å². The van der Waals surface area contributed by atoms with E-state index in [1.165, 1.54) is 12.1 Å². The highest BCUT2D eigenvalue weighted by Crippen LogP contribution is 2.25. The fourth-order valence-electron chi connectivity index (χ4n) is 1.61. The number of carbonyl (C=O) groups excluding carboxylic acids is 1. The first-order chi connectivity index (χ1) is 7.15. The Kier molecular flexibility index (Phi) is 2.37. The van der Waals surface area contributed by atoms with Gasteiger partial charge in [0.05, 0.1) is 6.04 Å². The lowest BCUT2D eigenvalue weighted by Crippen LogP contribution is -2.28. The number of benzene rings is 1. The van der Waals surface area contributed by atoms with Gasteiger partial charge in [0.25, 0.3) is 0 Å². The molecule has 0 saturated carbocycles. The van der Waals surface area contributed by atoms with Gasteiger partial charge in [-0.3, -0.25) is 0 Å². The molecule has 1 saturated heterocycles. The third-order valence-corrected chi connectivity index (χ3v) is 2.37. The van der Waals surface area contributed by atoms with Crippen LogP contribution in [0.2, 0.25) is 0 Å². The lowest BCUT2D eigenvalue weighted by molar-refractivity contribution is 0.247. The summed E-state index contributed by atoms with van der Waals surface area (Å²) in [5, 5.41) is 23.8. The topological polar surface area (TPSA) is 81.6 Å². The highest BCUT2D eigenvalue weighted by atomic mass is 16.3. The van der Waals surface area contributed by atoms with Crippen LogP contribution in [0, 0.1) is 0 Å². The maximum atomic E-state index is 10.9. The van der Waals surface area contributed by atoms with E-state index in [-0.39, 0.29) is 23.6 Å². The van der Waals surface area contributed by atoms with Gasteiger partial charge >= 0.3 is 6.03 Å². The molecule has 4 N–H and O–H groups in total. The summed E-state index contributed by atoms with van der Waals surface area (Å²) in [7, 11) is 0. The van der Waals surface area contributed by atoms with Crippen LogP contribution in [-0.2, 0) is 6.42 Å². The van der Waals surface area contributed by atoms with Gasteiger partial charge in [0.2, 0.25) is 0 Å². The van der Waals surface area contributed by atoms with Gasteiger partial charge in [-0.15, -0.1) is 0 Å². The van der Waals surface area contributed by atoms with Crippen LogP contribution in [0.3, 0.4) is 0 Å². The van der Waals surface area contributed by atoms with Crippen molar-refractivity contribution in [2.75, 3.05) is 6.54 Å². The smallest absolute Gasteiger partial charge is 0.315 e. The normalized spacial score (nSPS) is 19.7. The zero-order chi connectivity index (χ0) is 10.8. The number of hydrogen-bond donors (Lipinski definition) is 4. The first-order valence-electron chi connectivity index (χ1n) is 4.70. The molecule has 0 bridgehead atoms. The Labute approximate surface area is 86.7 Å². The number of phenolic OH excluding ortho intramolecular Hbond substituents is 2. The molecule has 2 rings (SSSR count). The van der Waals surface area contributed by atoms with E-state index in [4.69, 9.17) is 5.11 Å². The van der Waals surface area contributed by atoms with Crippen molar-refractivity contribution in [3.63, 3.8) is 0 Å². The predicted octanol–water partition coefficient (Wildman–Crippen LogP) is 0.322. The Balaban J connectivity index is 2.05. The van der Waals surface area contributed by atoms with Crippen LogP contribution in [0.5, 0.6) is 11.5 Å². The van der Waals surface area contributed by atoms with Crippen molar-refractivity contribution in [1.82, 2.24) is 10.6 Å². The number of rotatable bonds is 2. The Morgan fingerprint density at radius 2 is 2.13 bits per heavy atom. The minimum atomic E-state index is -0.164. The number of nitrogens with one attached hydrogen (secondary N) is 2. The monoisotopic (exact) mass is 208 g/mol. The second-order valence-corrected chi connectivity index (χ2v) is 3.58. The van der Waals surface area contributed by atoms with Gasteiger partial charge in [0.15, 0.2) is 11.5 Å². The Bertz CT molecular complexity index is 392. The maximum Gasteiger partial charge on any atom is 0.315 e. The standard InChI is InChI=1S/C10H12N2O3/c13-8-2-1-6(4-9(8)14)3-7-5-11-10(15)12-7/h1-2,4,7,13-14H,3,5H2,(H2,11,12,15). The van der Waals surface area contributed by atoms with Crippen LogP contribution in [-0.4, -0.2) is 28.8 Å². The van der Waals surface area contributed by atoms with Crippen LogP contribution in [0.1, 0.15) is 5.56 Å². The molecular formula is C10H12N2O3. The average Bonchev–Trinajstić information content (AvgIpc) is 2.58. The number of urea groups is 1. The zero-order valence-electron chi connectivity index (χ0n) is 8.03. The fraction of sp³-hybridized carbons (Fsp3) is 0.300. The molecule has 1 heterocycles. The molecule has 1 aromatic rings. The minimum absolute atomic E-state index is 0.0430. The molecule has 0 aliphatic carbocycles. The molecule has 1 aliphatic rings. The molecule has 15 heavy (non-hydrogen) atoms. The van der Waals surface area contributed by atoms with Gasteiger partial charge in [0, 0.05) is 6.54 Å². The van der Waals surface area contributed by atoms with Gasteiger partial charge in [0.1, 0.15) is 0 Å².